The van der Waals surface area contributed by atoms with Crippen LogP contribution in [-0.2, 0) is 4.79 Å². The highest BCUT2D eigenvalue weighted by Gasteiger charge is 2.26. The topological polar surface area (TPSA) is 46.3 Å². The van der Waals surface area contributed by atoms with Gasteiger partial charge in [-0.1, -0.05) is 19.8 Å². The zero-order valence-corrected chi connectivity index (χ0v) is 9.49. The number of likely N-dealkylation sites (N-methyl/N-ethyl adjacent to an activating group) is 1. The molecule has 0 aromatic carbocycles. The molecule has 82 valence electrons. The van der Waals surface area contributed by atoms with Crippen LogP contribution in [-0.4, -0.2) is 29.9 Å². The van der Waals surface area contributed by atoms with Crippen LogP contribution < -0.4 is 5.73 Å². The maximum Gasteiger partial charge on any atom is 0.239 e. The fourth-order valence-electron chi connectivity index (χ4n) is 2.26. The van der Waals surface area contributed by atoms with Crippen molar-refractivity contribution in [1.82, 2.24) is 4.90 Å². The van der Waals surface area contributed by atoms with E-state index in [0.717, 1.165) is 18.8 Å². The van der Waals surface area contributed by atoms with Crippen molar-refractivity contribution >= 4 is 5.91 Å². The van der Waals surface area contributed by atoms with E-state index in [1.807, 2.05) is 11.9 Å². The third-order valence-corrected chi connectivity index (χ3v) is 3.19. The van der Waals surface area contributed by atoms with E-state index in [4.69, 9.17) is 5.73 Å². The summed E-state index contributed by atoms with van der Waals surface area (Å²) in [6.07, 6.45) is 4.81. The van der Waals surface area contributed by atoms with Gasteiger partial charge in [0.25, 0.3) is 0 Å². The van der Waals surface area contributed by atoms with Gasteiger partial charge in [-0.3, -0.25) is 4.79 Å². The molecule has 2 N–H and O–H groups in total. The lowest BCUT2D eigenvalue weighted by Crippen LogP contribution is -2.46. The van der Waals surface area contributed by atoms with Crippen LogP contribution in [0.3, 0.4) is 0 Å². The highest BCUT2D eigenvalue weighted by molar-refractivity contribution is 5.81. The van der Waals surface area contributed by atoms with Gasteiger partial charge in [-0.25, -0.2) is 0 Å². The Morgan fingerprint density at radius 2 is 2.14 bits per heavy atom. The monoisotopic (exact) mass is 198 g/mol. The van der Waals surface area contributed by atoms with Crippen LogP contribution in [0.5, 0.6) is 0 Å². The smallest absolute Gasteiger partial charge is 0.239 e. The fourth-order valence-corrected chi connectivity index (χ4v) is 2.26. The van der Waals surface area contributed by atoms with Crippen molar-refractivity contribution in [2.75, 3.05) is 7.05 Å². The van der Waals surface area contributed by atoms with E-state index >= 15 is 0 Å². The van der Waals surface area contributed by atoms with Crippen molar-refractivity contribution in [3.63, 3.8) is 0 Å². The molecule has 3 heteroatoms. The summed E-state index contributed by atoms with van der Waals surface area (Å²) in [6.45, 7) is 4.02. The molecule has 1 aliphatic carbocycles. The summed E-state index contributed by atoms with van der Waals surface area (Å²) in [6, 6.07) is 0.0504. The van der Waals surface area contributed by atoms with Crippen LogP contribution in [0.15, 0.2) is 0 Å². The molecular weight excluding hydrogens is 176 g/mol. The Labute approximate surface area is 86.6 Å². The lowest BCUT2D eigenvalue weighted by atomic mass is 9.86. The first kappa shape index (κ1) is 11.5. The van der Waals surface area contributed by atoms with Gasteiger partial charge in [0.15, 0.2) is 0 Å². The molecule has 0 bridgehead atoms. The molecule has 0 aliphatic heterocycles. The summed E-state index contributed by atoms with van der Waals surface area (Å²) in [4.78, 5) is 13.5. The lowest BCUT2D eigenvalue weighted by molar-refractivity contribution is -0.133. The molecule has 0 aromatic rings. The summed E-state index contributed by atoms with van der Waals surface area (Å²) < 4.78 is 0. The molecule has 1 saturated carbocycles. The van der Waals surface area contributed by atoms with Crippen molar-refractivity contribution in [3.05, 3.63) is 0 Å². The summed E-state index contributed by atoms with van der Waals surface area (Å²) in [5.74, 6) is 0.821. The number of hydrogen-bond donors (Lipinski definition) is 1. The molecule has 3 nitrogen and oxygen atoms in total. The Morgan fingerprint density at radius 1 is 1.50 bits per heavy atom. The van der Waals surface area contributed by atoms with E-state index in [1.165, 1.54) is 12.8 Å². The minimum Gasteiger partial charge on any atom is -0.341 e. The van der Waals surface area contributed by atoms with Crippen molar-refractivity contribution in [1.29, 1.82) is 0 Å². The molecule has 0 saturated heterocycles. The normalized spacial score (nSPS) is 29.7. The fraction of sp³-hybridized carbons (Fsp3) is 0.909. The number of carbonyl (C=O) groups excluding carboxylic acids is 1. The quantitative estimate of drug-likeness (QED) is 0.728. The molecule has 14 heavy (non-hydrogen) atoms. The van der Waals surface area contributed by atoms with Gasteiger partial charge in [0, 0.05) is 13.1 Å². The Hall–Kier alpha value is -0.570. The second-order valence-corrected chi connectivity index (χ2v) is 4.66. The number of nitrogens with two attached hydrogens (primary N) is 1. The zero-order chi connectivity index (χ0) is 10.7. The first-order valence-electron chi connectivity index (χ1n) is 5.54. The van der Waals surface area contributed by atoms with Gasteiger partial charge in [-0.2, -0.15) is 0 Å². The largest absolute Gasteiger partial charge is 0.341 e. The Bertz CT molecular complexity index is 203. The molecule has 0 radical (unpaired) electrons. The number of carbonyl (C=O) groups is 1. The van der Waals surface area contributed by atoms with Crippen molar-refractivity contribution in [3.8, 4) is 0 Å². The highest BCUT2D eigenvalue weighted by Crippen LogP contribution is 2.26. The molecule has 0 spiro atoms. The lowest BCUT2D eigenvalue weighted by Gasteiger charge is -2.34. The predicted octanol–water partition coefficient (Wildman–Crippen LogP) is 1.37. The third kappa shape index (κ3) is 2.71. The predicted molar refractivity (Wildman–Crippen MR) is 57.8 cm³/mol. The summed E-state index contributed by atoms with van der Waals surface area (Å²) in [5, 5.41) is 0. The minimum atomic E-state index is -0.364. The second kappa shape index (κ2) is 4.78. The number of amides is 1. The van der Waals surface area contributed by atoms with Gasteiger partial charge in [-0.15, -0.1) is 0 Å². The van der Waals surface area contributed by atoms with Crippen LogP contribution in [0, 0.1) is 5.92 Å². The molecule has 3 unspecified atom stereocenters. The van der Waals surface area contributed by atoms with E-state index in [2.05, 4.69) is 6.92 Å². The Kier molecular flexibility index (Phi) is 3.93. The first-order chi connectivity index (χ1) is 6.52. The Balaban J connectivity index is 2.51. The van der Waals surface area contributed by atoms with Gasteiger partial charge < -0.3 is 10.6 Å². The van der Waals surface area contributed by atoms with Crippen LogP contribution in [0.2, 0.25) is 0 Å². The van der Waals surface area contributed by atoms with E-state index in [0.29, 0.717) is 6.04 Å². The number of hydrogen-bond acceptors (Lipinski definition) is 2. The molecule has 3 atom stereocenters. The van der Waals surface area contributed by atoms with E-state index in [1.54, 1.807) is 6.92 Å². The van der Waals surface area contributed by atoms with Crippen molar-refractivity contribution < 1.29 is 4.79 Å². The minimum absolute atomic E-state index is 0.0732. The zero-order valence-electron chi connectivity index (χ0n) is 9.49. The molecule has 1 rings (SSSR count). The molecule has 0 heterocycles. The molecule has 1 aliphatic rings. The first-order valence-corrected chi connectivity index (χ1v) is 5.54. The summed E-state index contributed by atoms with van der Waals surface area (Å²) in [5.41, 5.74) is 5.59. The van der Waals surface area contributed by atoms with Gasteiger partial charge in [0.05, 0.1) is 6.04 Å². The van der Waals surface area contributed by atoms with Gasteiger partial charge >= 0.3 is 0 Å². The van der Waals surface area contributed by atoms with Crippen LogP contribution in [0.4, 0.5) is 0 Å². The van der Waals surface area contributed by atoms with Crippen LogP contribution >= 0.6 is 0 Å². The highest BCUT2D eigenvalue weighted by atomic mass is 16.2. The van der Waals surface area contributed by atoms with Crippen LogP contribution in [0.1, 0.15) is 39.5 Å². The Morgan fingerprint density at radius 3 is 2.64 bits per heavy atom. The average Bonchev–Trinajstić information content (AvgIpc) is 2.15. The van der Waals surface area contributed by atoms with Gasteiger partial charge in [0.2, 0.25) is 5.91 Å². The van der Waals surface area contributed by atoms with Crippen LogP contribution in [0.25, 0.3) is 0 Å². The molecular formula is C11H22N2O. The average molecular weight is 198 g/mol. The number of rotatable bonds is 2. The standard InChI is InChI=1S/C11H22N2O/c1-8-5-4-6-10(7-8)13(3)11(14)9(2)12/h8-10H,4-7,12H2,1-3H3. The maximum absolute atomic E-state index is 11.6. The molecule has 0 aromatic heterocycles. The summed E-state index contributed by atoms with van der Waals surface area (Å²) >= 11 is 0. The van der Waals surface area contributed by atoms with E-state index in [9.17, 15) is 4.79 Å². The SMILES string of the molecule is CC1CCCC(N(C)C(=O)C(C)N)C1. The van der Waals surface area contributed by atoms with Crippen molar-refractivity contribution in [2.24, 2.45) is 11.7 Å². The number of nitrogens with zero attached hydrogens (tertiary/aromatic N) is 1. The van der Waals surface area contributed by atoms with E-state index in [-0.39, 0.29) is 11.9 Å². The van der Waals surface area contributed by atoms with Crippen molar-refractivity contribution in [2.45, 2.75) is 51.6 Å². The van der Waals surface area contributed by atoms with Gasteiger partial charge in [-0.05, 0) is 25.7 Å². The maximum atomic E-state index is 11.6. The third-order valence-electron chi connectivity index (χ3n) is 3.19. The molecule has 1 amide bonds. The molecule has 1 fully saturated rings. The summed E-state index contributed by atoms with van der Waals surface area (Å²) in [7, 11) is 1.88. The second-order valence-electron chi connectivity index (χ2n) is 4.66. The van der Waals surface area contributed by atoms with E-state index < -0.39 is 0 Å². The van der Waals surface area contributed by atoms with Gasteiger partial charge in [0.1, 0.15) is 0 Å².